The molecule has 3 heterocycles. The first-order valence-corrected chi connectivity index (χ1v) is 8.70. The van der Waals surface area contributed by atoms with Crippen molar-refractivity contribution in [2.24, 2.45) is 0 Å². The van der Waals surface area contributed by atoms with E-state index in [-0.39, 0.29) is 5.91 Å². The summed E-state index contributed by atoms with van der Waals surface area (Å²) in [5.41, 5.74) is 2.51. The number of fused-ring (bicyclic) bond motifs is 1. The van der Waals surface area contributed by atoms with Crippen molar-refractivity contribution in [3.8, 4) is 0 Å². The Morgan fingerprint density at radius 1 is 1.13 bits per heavy atom. The molecule has 0 radical (unpaired) electrons. The maximum Gasteiger partial charge on any atom is 0.274 e. The zero-order chi connectivity index (χ0) is 15.8. The van der Waals surface area contributed by atoms with E-state index < -0.39 is 0 Å². The molecule has 1 saturated heterocycles. The fraction of sp³-hybridized carbons (Fsp3) is 0.556. The van der Waals surface area contributed by atoms with Crippen LogP contribution < -0.4 is 0 Å². The summed E-state index contributed by atoms with van der Waals surface area (Å²) in [6, 6.07) is 6.73. The summed E-state index contributed by atoms with van der Waals surface area (Å²) < 4.78 is 1.99. The summed E-state index contributed by atoms with van der Waals surface area (Å²) >= 11 is 0. The molecule has 23 heavy (non-hydrogen) atoms. The number of nitrogens with zero attached hydrogens (tertiary/aromatic N) is 4. The topological polar surface area (TPSA) is 40.9 Å². The van der Waals surface area contributed by atoms with E-state index in [0.717, 1.165) is 50.0 Å². The number of pyridine rings is 1. The van der Waals surface area contributed by atoms with Crippen molar-refractivity contribution in [3.63, 3.8) is 0 Å². The Labute approximate surface area is 136 Å². The number of amides is 1. The number of aryl methyl sites for hydroxylation is 1. The zero-order valence-corrected chi connectivity index (χ0v) is 13.7. The van der Waals surface area contributed by atoms with Crippen LogP contribution in [0.5, 0.6) is 0 Å². The van der Waals surface area contributed by atoms with Gasteiger partial charge in [0.15, 0.2) is 0 Å². The van der Waals surface area contributed by atoms with E-state index >= 15 is 0 Å². The second kappa shape index (κ2) is 5.96. The van der Waals surface area contributed by atoms with E-state index in [0.29, 0.717) is 5.69 Å². The predicted octanol–water partition coefficient (Wildman–Crippen LogP) is 2.34. The summed E-state index contributed by atoms with van der Waals surface area (Å²) in [6.45, 7) is 5.82. The minimum absolute atomic E-state index is 0.0727. The Hall–Kier alpha value is -1.88. The van der Waals surface area contributed by atoms with Crippen molar-refractivity contribution in [1.29, 1.82) is 0 Å². The molecule has 1 aliphatic carbocycles. The number of carbonyl (C=O) groups excluding carboxylic acids is 1. The van der Waals surface area contributed by atoms with E-state index in [1.165, 1.54) is 19.3 Å². The average Bonchev–Trinajstić information content (AvgIpc) is 2.80. The maximum absolute atomic E-state index is 12.8. The minimum atomic E-state index is 0.0727. The highest BCUT2D eigenvalue weighted by Crippen LogP contribution is 2.25. The van der Waals surface area contributed by atoms with Crippen molar-refractivity contribution < 1.29 is 4.79 Å². The van der Waals surface area contributed by atoms with E-state index in [4.69, 9.17) is 0 Å². The van der Waals surface area contributed by atoms with Gasteiger partial charge in [0.1, 0.15) is 11.3 Å². The second-order valence-corrected chi connectivity index (χ2v) is 6.79. The van der Waals surface area contributed by atoms with Crippen LogP contribution in [0.15, 0.2) is 24.4 Å². The van der Waals surface area contributed by atoms with Crippen molar-refractivity contribution in [2.45, 2.75) is 38.6 Å². The van der Waals surface area contributed by atoms with Crippen LogP contribution in [-0.4, -0.2) is 57.3 Å². The first kappa shape index (κ1) is 14.7. The molecule has 0 bridgehead atoms. The van der Waals surface area contributed by atoms with Gasteiger partial charge >= 0.3 is 0 Å². The molecule has 0 spiro atoms. The molecule has 5 nitrogen and oxygen atoms in total. The van der Waals surface area contributed by atoms with Crippen LogP contribution in [0.3, 0.4) is 0 Å². The molecule has 1 amide bonds. The molecule has 0 N–H and O–H groups in total. The minimum Gasteiger partial charge on any atom is -0.336 e. The number of imidazole rings is 1. The third-order valence-corrected chi connectivity index (χ3v) is 5.32. The third-order valence-electron chi connectivity index (χ3n) is 5.32. The van der Waals surface area contributed by atoms with Gasteiger partial charge in [-0.15, -0.1) is 0 Å². The van der Waals surface area contributed by atoms with Gasteiger partial charge in [0.2, 0.25) is 0 Å². The number of aromatic nitrogens is 2. The summed E-state index contributed by atoms with van der Waals surface area (Å²) in [7, 11) is 0. The van der Waals surface area contributed by atoms with Gasteiger partial charge in [-0.25, -0.2) is 4.98 Å². The maximum atomic E-state index is 12.8. The first-order valence-electron chi connectivity index (χ1n) is 8.70. The van der Waals surface area contributed by atoms with Crippen molar-refractivity contribution >= 4 is 11.6 Å². The highest BCUT2D eigenvalue weighted by atomic mass is 16.2. The van der Waals surface area contributed by atoms with Gasteiger partial charge in [0.05, 0.1) is 0 Å². The molecule has 2 fully saturated rings. The average molecular weight is 312 g/mol. The molecular weight excluding hydrogens is 288 g/mol. The molecular formula is C18H24N4O. The molecule has 4 rings (SSSR count). The molecule has 2 aromatic heterocycles. The van der Waals surface area contributed by atoms with Gasteiger partial charge in [-0.3, -0.25) is 9.69 Å². The Morgan fingerprint density at radius 3 is 2.74 bits per heavy atom. The van der Waals surface area contributed by atoms with Gasteiger partial charge in [-0.05, 0) is 38.3 Å². The summed E-state index contributed by atoms with van der Waals surface area (Å²) in [5.74, 6) is 0.0727. The zero-order valence-electron chi connectivity index (χ0n) is 13.7. The molecule has 122 valence electrons. The number of hydrogen-bond acceptors (Lipinski definition) is 3. The van der Waals surface area contributed by atoms with E-state index in [1.54, 1.807) is 0 Å². The number of hydrogen-bond donors (Lipinski definition) is 0. The van der Waals surface area contributed by atoms with Crippen LogP contribution in [0, 0.1) is 6.92 Å². The van der Waals surface area contributed by atoms with Crippen molar-refractivity contribution in [2.75, 3.05) is 26.2 Å². The Morgan fingerprint density at radius 2 is 2.00 bits per heavy atom. The summed E-state index contributed by atoms with van der Waals surface area (Å²) in [4.78, 5) is 21.9. The van der Waals surface area contributed by atoms with Gasteiger partial charge in [-0.1, -0.05) is 12.5 Å². The second-order valence-electron chi connectivity index (χ2n) is 6.79. The normalized spacial score (nSPS) is 20.5. The summed E-state index contributed by atoms with van der Waals surface area (Å²) in [6.07, 6.45) is 6.97. The van der Waals surface area contributed by atoms with E-state index in [9.17, 15) is 4.79 Å². The Bertz CT molecular complexity index is 719. The van der Waals surface area contributed by atoms with Crippen LogP contribution in [0.2, 0.25) is 0 Å². The van der Waals surface area contributed by atoms with Crippen molar-refractivity contribution in [3.05, 3.63) is 35.8 Å². The molecule has 2 aromatic rings. The smallest absolute Gasteiger partial charge is 0.274 e. The molecule has 0 unspecified atom stereocenters. The molecule has 0 atom stereocenters. The van der Waals surface area contributed by atoms with E-state index in [2.05, 4.69) is 9.88 Å². The van der Waals surface area contributed by atoms with Crippen molar-refractivity contribution in [1.82, 2.24) is 19.2 Å². The Balaban J connectivity index is 1.50. The van der Waals surface area contributed by atoms with Crippen LogP contribution in [0.25, 0.3) is 5.65 Å². The third kappa shape index (κ3) is 2.74. The molecule has 1 aliphatic heterocycles. The lowest BCUT2D eigenvalue weighted by molar-refractivity contribution is 0.0744. The molecule has 1 saturated carbocycles. The van der Waals surface area contributed by atoms with Crippen LogP contribution >= 0.6 is 0 Å². The Kier molecular flexibility index (Phi) is 3.81. The highest BCUT2D eigenvalue weighted by molar-refractivity contribution is 5.93. The molecule has 5 heteroatoms. The van der Waals surface area contributed by atoms with Crippen LogP contribution in [-0.2, 0) is 0 Å². The van der Waals surface area contributed by atoms with Gasteiger partial charge in [-0.2, -0.15) is 0 Å². The number of carbonyl (C=O) groups is 1. The molecule has 0 aromatic carbocycles. The summed E-state index contributed by atoms with van der Waals surface area (Å²) in [5, 5.41) is 0. The quantitative estimate of drug-likeness (QED) is 0.854. The lowest BCUT2D eigenvalue weighted by atomic mass is 9.91. The lowest BCUT2D eigenvalue weighted by Crippen LogP contribution is -2.42. The lowest BCUT2D eigenvalue weighted by Gasteiger charge is -2.36. The highest BCUT2D eigenvalue weighted by Gasteiger charge is 2.28. The molecule has 2 aliphatic rings. The van der Waals surface area contributed by atoms with Gasteiger partial charge in [0, 0.05) is 44.1 Å². The van der Waals surface area contributed by atoms with Gasteiger partial charge < -0.3 is 9.30 Å². The largest absolute Gasteiger partial charge is 0.336 e. The monoisotopic (exact) mass is 312 g/mol. The van der Waals surface area contributed by atoms with Gasteiger partial charge in [0.25, 0.3) is 5.91 Å². The van der Waals surface area contributed by atoms with Crippen LogP contribution in [0.1, 0.15) is 41.9 Å². The SMILES string of the molecule is Cc1cccc2nc(C(=O)N3CCCN(C4CCC4)CC3)cn12. The predicted molar refractivity (Wildman–Crippen MR) is 89.7 cm³/mol. The van der Waals surface area contributed by atoms with Crippen LogP contribution in [0.4, 0.5) is 0 Å². The fourth-order valence-corrected chi connectivity index (χ4v) is 3.67. The first-order chi connectivity index (χ1) is 11.2. The fourth-order valence-electron chi connectivity index (χ4n) is 3.67. The number of rotatable bonds is 2. The standard InChI is InChI=1S/C18H24N4O/c1-14-5-2-8-17-19-16(13-22(14)17)18(23)21-10-4-9-20(11-12-21)15-6-3-7-15/h2,5,8,13,15H,3-4,6-7,9-12H2,1H3. The van der Waals surface area contributed by atoms with E-state index in [1.807, 2.05) is 40.6 Å².